The van der Waals surface area contributed by atoms with Crippen molar-refractivity contribution in [2.24, 2.45) is 0 Å². The summed E-state index contributed by atoms with van der Waals surface area (Å²) in [4.78, 5) is 19.0. The van der Waals surface area contributed by atoms with Crippen molar-refractivity contribution in [2.75, 3.05) is 0 Å². The molecule has 2 aromatic rings. The van der Waals surface area contributed by atoms with Crippen LogP contribution in [0, 0.1) is 0 Å². The molecule has 6 heteroatoms. The number of aliphatic hydroxyl groups excluding tert-OH is 1. The molecule has 1 N–H and O–H groups in total. The molecule has 1 saturated heterocycles. The number of likely N-dealkylation sites (tertiary alicyclic amines) is 1. The minimum Gasteiger partial charge on any atom is -0.444 e. The number of aliphatic hydroxyl groups is 1. The molecule has 0 radical (unpaired) electrons. The summed E-state index contributed by atoms with van der Waals surface area (Å²) in [7, 11) is 0. The third-order valence-electron chi connectivity index (χ3n) is 4.88. The molecule has 26 heavy (non-hydrogen) atoms. The van der Waals surface area contributed by atoms with Gasteiger partial charge in [0.1, 0.15) is 5.60 Å². The summed E-state index contributed by atoms with van der Waals surface area (Å²) in [6.07, 6.45) is 2.47. The Kier molecular flexibility index (Phi) is 5.53. The Bertz CT molecular complexity index is 768. The molecule has 3 rings (SSSR count). The van der Waals surface area contributed by atoms with Crippen molar-refractivity contribution in [1.29, 1.82) is 0 Å². The molecular formula is C20H28N2O3S. The van der Waals surface area contributed by atoms with E-state index in [4.69, 9.17) is 4.74 Å². The van der Waals surface area contributed by atoms with Gasteiger partial charge in [0.05, 0.1) is 21.8 Å². The molecule has 1 aromatic heterocycles. The predicted octanol–water partition coefficient (Wildman–Crippen LogP) is 4.90. The fourth-order valence-corrected chi connectivity index (χ4v) is 4.43. The highest BCUT2D eigenvalue weighted by atomic mass is 32.1. The van der Waals surface area contributed by atoms with E-state index in [1.165, 1.54) is 0 Å². The third-order valence-corrected chi connectivity index (χ3v) is 5.67. The van der Waals surface area contributed by atoms with Crippen LogP contribution >= 0.6 is 11.3 Å². The van der Waals surface area contributed by atoms with Crippen LogP contribution in [-0.2, 0) is 4.74 Å². The summed E-state index contributed by atoms with van der Waals surface area (Å²) in [5.41, 5.74) is 2.98. The van der Waals surface area contributed by atoms with Gasteiger partial charge in [0, 0.05) is 17.6 Å². The van der Waals surface area contributed by atoms with E-state index in [9.17, 15) is 9.90 Å². The molecule has 2 heterocycles. The van der Waals surface area contributed by atoms with Gasteiger partial charge in [0.2, 0.25) is 0 Å². The summed E-state index contributed by atoms with van der Waals surface area (Å²) < 4.78 is 6.69. The number of piperidine rings is 1. The summed E-state index contributed by atoms with van der Waals surface area (Å²) in [5, 5.41) is 10.9. The van der Waals surface area contributed by atoms with Crippen molar-refractivity contribution in [2.45, 2.75) is 77.2 Å². The fourth-order valence-electron chi connectivity index (χ4n) is 3.72. The largest absolute Gasteiger partial charge is 0.444 e. The molecule has 0 bridgehead atoms. The maximum Gasteiger partial charge on any atom is 0.410 e. The van der Waals surface area contributed by atoms with Crippen LogP contribution in [0.1, 0.15) is 65.0 Å². The van der Waals surface area contributed by atoms with Gasteiger partial charge in [-0.05, 0) is 59.4 Å². The van der Waals surface area contributed by atoms with E-state index in [1.54, 1.807) is 16.8 Å². The standard InChI is InChI=1S/C20H28N2O3S/c1-13-7-5-8-14(22(13)19(24)25-20(2,3)4)11-16(23)15-9-6-10-17-18(15)21-12-26-17/h6,9-10,12-14,16,23H,5,7-8,11H2,1-4H3. The molecule has 3 unspecified atom stereocenters. The lowest BCUT2D eigenvalue weighted by atomic mass is 9.91. The third kappa shape index (κ3) is 4.18. The fraction of sp³-hybridized carbons (Fsp3) is 0.600. The molecule has 1 fully saturated rings. The molecule has 0 saturated carbocycles. The first-order chi connectivity index (χ1) is 12.3. The Balaban J connectivity index is 1.79. The van der Waals surface area contributed by atoms with Crippen molar-refractivity contribution in [1.82, 2.24) is 9.88 Å². The van der Waals surface area contributed by atoms with Crippen molar-refractivity contribution in [3.63, 3.8) is 0 Å². The van der Waals surface area contributed by atoms with Gasteiger partial charge in [0.15, 0.2) is 0 Å². The number of amides is 1. The van der Waals surface area contributed by atoms with Gasteiger partial charge >= 0.3 is 6.09 Å². The minimum atomic E-state index is -0.652. The van der Waals surface area contributed by atoms with E-state index in [1.807, 2.05) is 43.9 Å². The number of hydrogen-bond donors (Lipinski definition) is 1. The quantitative estimate of drug-likeness (QED) is 0.828. The number of rotatable bonds is 3. The topological polar surface area (TPSA) is 62.7 Å². The lowest BCUT2D eigenvalue weighted by Crippen LogP contribution is -2.51. The molecule has 1 aliphatic heterocycles. The Hall–Kier alpha value is -1.66. The SMILES string of the molecule is CC1CCCC(CC(O)c2cccc3scnc23)N1C(=O)OC(C)(C)C. The monoisotopic (exact) mass is 376 g/mol. The Labute approximate surface area is 159 Å². The summed E-state index contributed by atoms with van der Waals surface area (Å²) in [6.45, 7) is 7.70. The van der Waals surface area contributed by atoms with Gasteiger partial charge < -0.3 is 14.7 Å². The number of benzene rings is 1. The predicted molar refractivity (Wildman–Crippen MR) is 104 cm³/mol. The molecular weight excluding hydrogens is 348 g/mol. The van der Waals surface area contributed by atoms with Gasteiger partial charge in [-0.25, -0.2) is 9.78 Å². The van der Waals surface area contributed by atoms with Crippen molar-refractivity contribution in [3.8, 4) is 0 Å². The van der Waals surface area contributed by atoms with Crippen molar-refractivity contribution < 1.29 is 14.6 Å². The van der Waals surface area contributed by atoms with Gasteiger partial charge in [0.25, 0.3) is 0 Å². The molecule has 1 aliphatic rings. The van der Waals surface area contributed by atoms with Crippen molar-refractivity contribution >= 4 is 27.6 Å². The van der Waals surface area contributed by atoms with Crippen LogP contribution in [0.2, 0.25) is 0 Å². The average molecular weight is 377 g/mol. The van der Waals surface area contributed by atoms with Crippen LogP contribution in [0.25, 0.3) is 10.2 Å². The highest BCUT2D eigenvalue weighted by Gasteiger charge is 2.36. The van der Waals surface area contributed by atoms with Crippen LogP contribution in [0.4, 0.5) is 4.79 Å². The van der Waals surface area contributed by atoms with E-state index in [2.05, 4.69) is 11.9 Å². The number of para-hydroxylation sites is 1. The van der Waals surface area contributed by atoms with Gasteiger partial charge in [-0.2, -0.15) is 0 Å². The summed E-state index contributed by atoms with van der Waals surface area (Å²) in [6, 6.07) is 5.98. The van der Waals surface area contributed by atoms with Crippen LogP contribution in [0.3, 0.4) is 0 Å². The van der Waals surface area contributed by atoms with Gasteiger partial charge in [-0.3, -0.25) is 0 Å². The second-order valence-electron chi connectivity index (χ2n) is 8.12. The average Bonchev–Trinajstić information content (AvgIpc) is 3.01. The smallest absolute Gasteiger partial charge is 0.410 e. The number of aromatic nitrogens is 1. The highest BCUT2D eigenvalue weighted by Crippen LogP contribution is 2.33. The zero-order valence-corrected chi connectivity index (χ0v) is 16.8. The molecule has 0 aliphatic carbocycles. The number of nitrogens with zero attached hydrogens (tertiary/aromatic N) is 2. The number of carbonyl (C=O) groups is 1. The Morgan fingerprint density at radius 3 is 2.92 bits per heavy atom. The second kappa shape index (κ2) is 7.53. The lowest BCUT2D eigenvalue weighted by Gasteiger charge is -2.41. The number of thiazole rings is 1. The molecule has 142 valence electrons. The zero-order valence-electron chi connectivity index (χ0n) is 15.9. The van der Waals surface area contributed by atoms with Crippen molar-refractivity contribution in [3.05, 3.63) is 29.3 Å². The Morgan fingerprint density at radius 2 is 2.19 bits per heavy atom. The highest BCUT2D eigenvalue weighted by molar-refractivity contribution is 7.16. The Morgan fingerprint density at radius 1 is 1.42 bits per heavy atom. The number of carbonyl (C=O) groups excluding carboxylic acids is 1. The normalized spacial score (nSPS) is 22.4. The summed E-state index contributed by atoms with van der Waals surface area (Å²) in [5.74, 6) is 0. The van der Waals surface area contributed by atoms with Crippen LogP contribution in [0.15, 0.2) is 23.7 Å². The van der Waals surface area contributed by atoms with Crippen LogP contribution in [0.5, 0.6) is 0 Å². The molecule has 3 atom stereocenters. The van der Waals surface area contributed by atoms with Crippen LogP contribution in [-0.4, -0.2) is 38.8 Å². The maximum atomic E-state index is 12.7. The maximum absolute atomic E-state index is 12.7. The zero-order chi connectivity index (χ0) is 18.9. The van der Waals surface area contributed by atoms with E-state index < -0.39 is 11.7 Å². The first kappa shape index (κ1) is 19.1. The number of fused-ring (bicyclic) bond motifs is 1. The van der Waals surface area contributed by atoms with Gasteiger partial charge in [-0.1, -0.05) is 12.1 Å². The molecule has 0 spiro atoms. The first-order valence-corrected chi connectivity index (χ1v) is 10.2. The molecule has 5 nitrogen and oxygen atoms in total. The number of hydrogen-bond acceptors (Lipinski definition) is 5. The summed E-state index contributed by atoms with van der Waals surface area (Å²) >= 11 is 1.57. The molecule has 1 amide bonds. The van der Waals surface area contributed by atoms with Crippen LogP contribution < -0.4 is 0 Å². The van der Waals surface area contributed by atoms with Gasteiger partial charge in [-0.15, -0.1) is 11.3 Å². The van der Waals surface area contributed by atoms with E-state index >= 15 is 0 Å². The second-order valence-corrected chi connectivity index (χ2v) is 9.01. The van der Waals surface area contributed by atoms with E-state index in [0.29, 0.717) is 6.42 Å². The first-order valence-electron chi connectivity index (χ1n) is 9.28. The molecule has 1 aromatic carbocycles. The van der Waals surface area contributed by atoms with E-state index in [0.717, 1.165) is 35.0 Å². The minimum absolute atomic E-state index is 0.0301. The lowest BCUT2D eigenvalue weighted by molar-refractivity contribution is -0.0111. The van der Waals surface area contributed by atoms with E-state index in [-0.39, 0.29) is 18.2 Å². The number of ether oxygens (including phenoxy) is 1.